The van der Waals surface area contributed by atoms with E-state index in [0.717, 1.165) is 28.1 Å². The molecule has 16 heavy (non-hydrogen) atoms. The SMILES string of the molecule is Cc1nc(C[N+](C)(C)C)c2cnccn12.[I-]. The summed E-state index contributed by atoms with van der Waals surface area (Å²) in [5.74, 6) is 1.02. The van der Waals surface area contributed by atoms with Gasteiger partial charge in [0.05, 0.1) is 32.9 Å². The van der Waals surface area contributed by atoms with Crippen molar-refractivity contribution in [3.8, 4) is 0 Å². The van der Waals surface area contributed by atoms with Crippen LogP contribution in [0.3, 0.4) is 0 Å². The Morgan fingerprint density at radius 2 is 2.00 bits per heavy atom. The number of rotatable bonds is 2. The maximum atomic E-state index is 4.58. The van der Waals surface area contributed by atoms with Crippen molar-refractivity contribution in [2.24, 2.45) is 0 Å². The standard InChI is InChI=1S/C11H17N4.HI/c1-9-13-10(8-15(2,3)4)11-7-12-5-6-14(9)11;/h5-7H,8H2,1-4H3;1H/q+1;/p-1. The molecule has 0 aliphatic carbocycles. The van der Waals surface area contributed by atoms with Crippen LogP contribution in [0, 0.1) is 6.92 Å². The topological polar surface area (TPSA) is 30.2 Å². The van der Waals surface area contributed by atoms with Gasteiger partial charge in [0.2, 0.25) is 0 Å². The average molecular weight is 332 g/mol. The van der Waals surface area contributed by atoms with Crippen molar-refractivity contribution < 1.29 is 28.5 Å². The lowest BCUT2D eigenvalue weighted by atomic mass is 10.3. The molecule has 0 spiro atoms. The summed E-state index contributed by atoms with van der Waals surface area (Å²) in [7, 11) is 6.49. The zero-order valence-corrected chi connectivity index (χ0v) is 12.3. The van der Waals surface area contributed by atoms with Crippen LogP contribution in [0.4, 0.5) is 0 Å². The molecule has 0 aliphatic rings. The third-order valence-corrected chi connectivity index (χ3v) is 2.32. The first-order valence-electron chi connectivity index (χ1n) is 5.05. The Kier molecular flexibility index (Phi) is 3.90. The van der Waals surface area contributed by atoms with E-state index in [9.17, 15) is 0 Å². The summed E-state index contributed by atoms with van der Waals surface area (Å²) in [6.45, 7) is 2.94. The van der Waals surface area contributed by atoms with Crippen LogP contribution in [0.15, 0.2) is 18.6 Å². The average Bonchev–Trinajstić information content (AvgIpc) is 2.42. The van der Waals surface area contributed by atoms with E-state index in [1.54, 1.807) is 6.20 Å². The van der Waals surface area contributed by atoms with Crippen molar-refractivity contribution in [2.75, 3.05) is 21.1 Å². The minimum atomic E-state index is 0. The predicted molar refractivity (Wildman–Crippen MR) is 59.5 cm³/mol. The molecule has 0 aromatic carbocycles. The van der Waals surface area contributed by atoms with Crippen molar-refractivity contribution in [1.82, 2.24) is 14.4 Å². The predicted octanol–water partition coefficient (Wildman–Crippen LogP) is -1.75. The maximum absolute atomic E-state index is 4.58. The molecule has 0 aliphatic heterocycles. The maximum Gasteiger partial charge on any atom is 0.123 e. The fraction of sp³-hybridized carbons (Fsp3) is 0.455. The summed E-state index contributed by atoms with van der Waals surface area (Å²) >= 11 is 0. The van der Waals surface area contributed by atoms with Gasteiger partial charge < -0.3 is 32.9 Å². The lowest BCUT2D eigenvalue weighted by molar-refractivity contribution is -0.884. The van der Waals surface area contributed by atoms with Crippen molar-refractivity contribution in [3.05, 3.63) is 30.1 Å². The molecule has 2 aromatic heterocycles. The first kappa shape index (κ1) is 13.4. The van der Waals surface area contributed by atoms with Gasteiger partial charge in [-0.25, -0.2) is 4.98 Å². The largest absolute Gasteiger partial charge is 1.00 e. The highest BCUT2D eigenvalue weighted by molar-refractivity contribution is 5.50. The zero-order valence-electron chi connectivity index (χ0n) is 10.1. The van der Waals surface area contributed by atoms with Crippen LogP contribution in [0.2, 0.25) is 0 Å². The van der Waals surface area contributed by atoms with E-state index in [2.05, 4.69) is 35.5 Å². The number of halogens is 1. The van der Waals surface area contributed by atoms with Gasteiger partial charge in [-0.1, -0.05) is 0 Å². The second-order valence-electron chi connectivity index (χ2n) is 4.89. The molecule has 4 nitrogen and oxygen atoms in total. The van der Waals surface area contributed by atoms with E-state index in [4.69, 9.17) is 0 Å². The molecule has 0 atom stereocenters. The number of quaternary nitrogens is 1. The van der Waals surface area contributed by atoms with Gasteiger partial charge in [0.15, 0.2) is 0 Å². The smallest absolute Gasteiger partial charge is 0.123 e. The normalized spacial score (nSPS) is 11.5. The van der Waals surface area contributed by atoms with Crippen LogP contribution in [-0.2, 0) is 6.54 Å². The van der Waals surface area contributed by atoms with Crippen molar-refractivity contribution >= 4 is 5.52 Å². The molecular formula is C11H17IN4. The molecule has 0 N–H and O–H groups in total. The molecular weight excluding hydrogens is 315 g/mol. The lowest BCUT2D eigenvalue weighted by Crippen LogP contribution is -3.00. The fourth-order valence-corrected chi connectivity index (χ4v) is 1.73. The van der Waals surface area contributed by atoms with Crippen LogP contribution in [0.25, 0.3) is 5.52 Å². The minimum absolute atomic E-state index is 0. The zero-order chi connectivity index (χ0) is 11.1. The molecule has 0 saturated heterocycles. The van der Waals surface area contributed by atoms with Crippen molar-refractivity contribution in [2.45, 2.75) is 13.5 Å². The Morgan fingerprint density at radius 3 is 2.62 bits per heavy atom. The third-order valence-electron chi connectivity index (χ3n) is 2.32. The quantitative estimate of drug-likeness (QED) is 0.482. The first-order valence-corrected chi connectivity index (χ1v) is 5.05. The Balaban J connectivity index is 0.00000128. The van der Waals surface area contributed by atoms with E-state index < -0.39 is 0 Å². The number of aryl methyl sites for hydroxylation is 1. The van der Waals surface area contributed by atoms with E-state index in [-0.39, 0.29) is 24.0 Å². The summed E-state index contributed by atoms with van der Waals surface area (Å²) in [5, 5.41) is 0. The number of hydrogen-bond donors (Lipinski definition) is 0. The number of hydrogen-bond acceptors (Lipinski definition) is 2. The molecule has 2 heterocycles. The summed E-state index contributed by atoms with van der Waals surface area (Å²) in [6.07, 6.45) is 5.62. The molecule has 2 rings (SSSR count). The Morgan fingerprint density at radius 1 is 1.31 bits per heavy atom. The summed E-state index contributed by atoms with van der Waals surface area (Å²) < 4.78 is 2.96. The van der Waals surface area contributed by atoms with Crippen LogP contribution >= 0.6 is 0 Å². The van der Waals surface area contributed by atoms with Gasteiger partial charge in [-0.2, -0.15) is 0 Å². The molecule has 0 amide bonds. The number of imidazole rings is 1. The van der Waals surface area contributed by atoms with Gasteiger partial charge in [0.1, 0.15) is 18.1 Å². The lowest BCUT2D eigenvalue weighted by Gasteiger charge is -2.22. The minimum Gasteiger partial charge on any atom is -1.00 e. The highest BCUT2D eigenvalue weighted by Gasteiger charge is 2.15. The molecule has 0 bridgehead atoms. The van der Waals surface area contributed by atoms with Gasteiger partial charge in [-0.05, 0) is 6.92 Å². The van der Waals surface area contributed by atoms with Gasteiger partial charge in [-0.15, -0.1) is 0 Å². The monoisotopic (exact) mass is 332 g/mol. The second-order valence-corrected chi connectivity index (χ2v) is 4.89. The van der Waals surface area contributed by atoms with Crippen LogP contribution in [-0.4, -0.2) is 40.0 Å². The highest BCUT2D eigenvalue weighted by Crippen LogP contribution is 2.14. The third kappa shape index (κ3) is 2.70. The van der Waals surface area contributed by atoms with Crippen LogP contribution < -0.4 is 24.0 Å². The van der Waals surface area contributed by atoms with E-state index in [1.165, 1.54) is 0 Å². The summed E-state index contributed by atoms with van der Waals surface area (Å²) in [6, 6.07) is 0. The highest BCUT2D eigenvalue weighted by atomic mass is 127. The molecule has 5 heteroatoms. The fourth-order valence-electron chi connectivity index (χ4n) is 1.73. The van der Waals surface area contributed by atoms with Crippen molar-refractivity contribution in [3.63, 3.8) is 0 Å². The van der Waals surface area contributed by atoms with Gasteiger partial charge in [-0.3, -0.25) is 4.98 Å². The van der Waals surface area contributed by atoms with E-state index >= 15 is 0 Å². The second kappa shape index (κ2) is 4.67. The number of fused-ring (bicyclic) bond motifs is 1. The molecule has 0 unspecified atom stereocenters. The summed E-state index contributed by atoms with van der Waals surface area (Å²) in [5.41, 5.74) is 2.23. The molecule has 88 valence electrons. The Bertz CT molecular complexity index is 484. The molecule has 0 saturated carbocycles. The van der Waals surface area contributed by atoms with Crippen LogP contribution in [0.5, 0.6) is 0 Å². The molecule has 0 fully saturated rings. The number of nitrogens with zero attached hydrogens (tertiary/aromatic N) is 4. The number of aromatic nitrogens is 3. The Labute approximate surface area is 113 Å². The van der Waals surface area contributed by atoms with Crippen LogP contribution in [0.1, 0.15) is 11.5 Å². The van der Waals surface area contributed by atoms with Crippen molar-refractivity contribution in [1.29, 1.82) is 0 Å². The molecule has 2 aromatic rings. The summed E-state index contributed by atoms with van der Waals surface area (Å²) in [4.78, 5) is 8.73. The Hall–Kier alpha value is -0.690. The van der Waals surface area contributed by atoms with Gasteiger partial charge in [0.25, 0.3) is 0 Å². The van der Waals surface area contributed by atoms with E-state index in [1.807, 2.05) is 19.3 Å². The van der Waals surface area contributed by atoms with E-state index in [0.29, 0.717) is 0 Å². The first-order chi connectivity index (χ1) is 6.97. The van der Waals surface area contributed by atoms with Gasteiger partial charge in [0, 0.05) is 12.4 Å². The molecule has 0 radical (unpaired) electrons. The van der Waals surface area contributed by atoms with Gasteiger partial charge >= 0.3 is 0 Å².